The van der Waals surface area contributed by atoms with Crippen LogP contribution in [0.1, 0.15) is 17.0 Å². The van der Waals surface area contributed by atoms with Crippen molar-refractivity contribution in [3.8, 4) is 0 Å². The van der Waals surface area contributed by atoms with Gasteiger partial charge in [-0.3, -0.25) is 4.68 Å². The first-order valence-electron chi connectivity index (χ1n) is 4.06. The molecule has 2 rings (SSSR count). The van der Waals surface area contributed by atoms with E-state index in [1.165, 1.54) is 0 Å². The zero-order valence-corrected chi connectivity index (χ0v) is 7.08. The maximum absolute atomic E-state index is 8.95. The Morgan fingerprint density at radius 2 is 2.50 bits per heavy atom. The number of aliphatic hydroxyl groups excluding tert-OH is 1. The fourth-order valence-electron chi connectivity index (χ4n) is 1.48. The second-order valence-corrected chi connectivity index (χ2v) is 2.95. The van der Waals surface area contributed by atoms with Gasteiger partial charge in [-0.05, 0) is 12.5 Å². The molecule has 1 aliphatic rings. The molecule has 0 saturated carbocycles. The second-order valence-electron chi connectivity index (χ2n) is 2.95. The molecule has 1 aliphatic heterocycles. The zero-order chi connectivity index (χ0) is 8.55. The highest BCUT2D eigenvalue weighted by Gasteiger charge is 2.16. The van der Waals surface area contributed by atoms with E-state index in [-0.39, 0.29) is 6.61 Å². The van der Waals surface area contributed by atoms with Gasteiger partial charge in [-0.15, -0.1) is 0 Å². The van der Waals surface area contributed by atoms with Gasteiger partial charge in [0.25, 0.3) is 0 Å². The number of hydrogen-bond acceptors (Lipinski definition) is 3. The fourth-order valence-corrected chi connectivity index (χ4v) is 1.48. The van der Waals surface area contributed by atoms with Crippen molar-refractivity contribution in [2.45, 2.75) is 26.7 Å². The fraction of sp³-hybridized carbons (Fsp3) is 0.625. The number of rotatable bonds is 1. The van der Waals surface area contributed by atoms with Crippen LogP contribution < -0.4 is 0 Å². The Labute approximate surface area is 70.8 Å². The minimum Gasteiger partial charge on any atom is -0.390 e. The minimum absolute atomic E-state index is 0.0197. The number of aromatic nitrogens is 2. The molecule has 66 valence electrons. The Balaban J connectivity index is 2.44. The molecule has 0 atom stereocenters. The lowest BCUT2D eigenvalue weighted by atomic mass is 10.2. The maximum atomic E-state index is 8.95. The first kappa shape index (κ1) is 7.76. The van der Waals surface area contributed by atoms with E-state index in [2.05, 4.69) is 5.10 Å². The van der Waals surface area contributed by atoms with E-state index in [9.17, 15) is 0 Å². The normalized spacial score (nSPS) is 16.2. The molecule has 0 aromatic carbocycles. The van der Waals surface area contributed by atoms with Gasteiger partial charge in [0.2, 0.25) is 0 Å². The largest absolute Gasteiger partial charge is 0.390 e. The summed E-state index contributed by atoms with van der Waals surface area (Å²) in [5.74, 6) is 0. The summed E-state index contributed by atoms with van der Waals surface area (Å²) < 4.78 is 7.21. The summed E-state index contributed by atoms with van der Waals surface area (Å²) in [5, 5.41) is 13.2. The van der Waals surface area contributed by atoms with Gasteiger partial charge in [-0.2, -0.15) is 5.10 Å². The number of ether oxygens (including phenoxy) is 1. The summed E-state index contributed by atoms with van der Waals surface area (Å²) in [6.07, 6.45) is 0. The van der Waals surface area contributed by atoms with Gasteiger partial charge in [0.05, 0.1) is 37.8 Å². The number of aliphatic hydroxyl groups is 1. The summed E-state index contributed by atoms with van der Waals surface area (Å²) >= 11 is 0. The predicted molar refractivity (Wildman–Crippen MR) is 42.5 cm³/mol. The van der Waals surface area contributed by atoms with Gasteiger partial charge in [0.15, 0.2) is 0 Å². The van der Waals surface area contributed by atoms with E-state index in [0.29, 0.717) is 6.61 Å². The van der Waals surface area contributed by atoms with E-state index in [1.54, 1.807) is 0 Å². The SMILES string of the molecule is Cc1c(CO)nn2c1COCC2. The smallest absolute Gasteiger partial charge is 0.0911 e. The van der Waals surface area contributed by atoms with Crippen LogP contribution in [0.4, 0.5) is 0 Å². The Morgan fingerprint density at radius 3 is 3.17 bits per heavy atom. The zero-order valence-electron chi connectivity index (χ0n) is 7.08. The lowest BCUT2D eigenvalue weighted by Gasteiger charge is -2.14. The van der Waals surface area contributed by atoms with Crippen molar-refractivity contribution in [3.63, 3.8) is 0 Å². The molecule has 0 radical (unpaired) electrons. The monoisotopic (exact) mass is 168 g/mol. The molecule has 0 fully saturated rings. The molecule has 0 amide bonds. The molecule has 0 aliphatic carbocycles. The van der Waals surface area contributed by atoms with Crippen molar-refractivity contribution in [2.75, 3.05) is 6.61 Å². The summed E-state index contributed by atoms with van der Waals surface area (Å²) in [4.78, 5) is 0. The molecule has 12 heavy (non-hydrogen) atoms. The van der Waals surface area contributed by atoms with Crippen molar-refractivity contribution < 1.29 is 9.84 Å². The highest BCUT2D eigenvalue weighted by Crippen LogP contribution is 2.17. The average Bonchev–Trinajstić information content (AvgIpc) is 2.44. The van der Waals surface area contributed by atoms with Gasteiger partial charge in [0, 0.05) is 0 Å². The van der Waals surface area contributed by atoms with Crippen LogP contribution in [0.5, 0.6) is 0 Å². The first-order chi connectivity index (χ1) is 5.83. The molecule has 0 bridgehead atoms. The molecule has 0 spiro atoms. The third-order valence-electron chi connectivity index (χ3n) is 2.25. The van der Waals surface area contributed by atoms with Crippen LogP contribution in [-0.2, 0) is 24.5 Å². The topological polar surface area (TPSA) is 47.3 Å². The van der Waals surface area contributed by atoms with Crippen LogP contribution in [-0.4, -0.2) is 21.5 Å². The van der Waals surface area contributed by atoms with Gasteiger partial charge in [0.1, 0.15) is 0 Å². The lowest BCUT2D eigenvalue weighted by Crippen LogP contribution is -2.17. The molecule has 1 aromatic rings. The Hall–Kier alpha value is -0.870. The average molecular weight is 168 g/mol. The van der Waals surface area contributed by atoms with E-state index in [1.807, 2.05) is 11.6 Å². The van der Waals surface area contributed by atoms with Crippen molar-refractivity contribution in [1.29, 1.82) is 0 Å². The molecule has 0 saturated heterocycles. The van der Waals surface area contributed by atoms with Crippen LogP contribution in [0.2, 0.25) is 0 Å². The second kappa shape index (κ2) is 2.88. The van der Waals surface area contributed by atoms with Crippen LogP contribution in [0.25, 0.3) is 0 Å². The Morgan fingerprint density at radius 1 is 1.67 bits per heavy atom. The van der Waals surface area contributed by atoms with Gasteiger partial charge in [-0.1, -0.05) is 0 Å². The van der Waals surface area contributed by atoms with Gasteiger partial charge < -0.3 is 9.84 Å². The minimum atomic E-state index is 0.0197. The van der Waals surface area contributed by atoms with Crippen LogP contribution >= 0.6 is 0 Å². The lowest BCUT2D eigenvalue weighted by molar-refractivity contribution is 0.0795. The third-order valence-corrected chi connectivity index (χ3v) is 2.25. The summed E-state index contributed by atoms with van der Waals surface area (Å²) in [7, 11) is 0. The Bertz CT molecular complexity index is 293. The van der Waals surface area contributed by atoms with E-state index >= 15 is 0 Å². The van der Waals surface area contributed by atoms with Gasteiger partial charge >= 0.3 is 0 Å². The third kappa shape index (κ3) is 1.04. The van der Waals surface area contributed by atoms with E-state index in [4.69, 9.17) is 9.84 Å². The van der Waals surface area contributed by atoms with Crippen molar-refractivity contribution in [3.05, 3.63) is 17.0 Å². The quantitative estimate of drug-likeness (QED) is 0.652. The molecule has 0 unspecified atom stereocenters. The highest BCUT2D eigenvalue weighted by atomic mass is 16.5. The Kier molecular flexibility index (Phi) is 1.86. The summed E-state index contributed by atoms with van der Waals surface area (Å²) in [6, 6.07) is 0. The van der Waals surface area contributed by atoms with Crippen molar-refractivity contribution >= 4 is 0 Å². The van der Waals surface area contributed by atoms with Crippen LogP contribution in [0.3, 0.4) is 0 Å². The van der Waals surface area contributed by atoms with Gasteiger partial charge in [-0.25, -0.2) is 0 Å². The molecule has 4 heteroatoms. The maximum Gasteiger partial charge on any atom is 0.0911 e. The molecule has 1 N–H and O–H groups in total. The first-order valence-corrected chi connectivity index (χ1v) is 4.06. The summed E-state index contributed by atoms with van der Waals surface area (Å²) in [5.41, 5.74) is 2.94. The van der Waals surface area contributed by atoms with Crippen molar-refractivity contribution in [2.24, 2.45) is 0 Å². The molecular formula is C8H12N2O2. The number of fused-ring (bicyclic) bond motifs is 1. The summed E-state index contributed by atoms with van der Waals surface area (Å²) in [6.45, 7) is 4.14. The number of nitrogens with zero attached hydrogens (tertiary/aromatic N) is 2. The van der Waals surface area contributed by atoms with Crippen molar-refractivity contribution in [1.82, 2.24) is 9.78 Å². The highest BCUT2D eigenvalue weighted by molar-refractivity contribution is 5.24. The predicted octanol–water partition coefficient (Wildman–Crippen LogP) is 0.214. The standard InChI is InChI=1S/C8H12N2O2/c1-6-7(4-11)9-10-2-3-12-5-8(6)10/h11H,2-5H2,1H3. The van der Waals surface area contributed by atoms with Crippen LogP contribution in [0, 0.1) is 6.92 Å². The molecular weight excluding hydrogens is 156 g/mol. The molecule has 2 heterocycles. The van der Waals surface area contributed by atoms with E-state index in [0.717, 1.165) is 30.1 Å². The number of hydrogen-bond donors (Lipinski definition) is 1. The molecule has 4 nitrogen and oxygen atoms in total. The van der Waals surface area contributed by atoms with E-state index < -0.39 is 0 Å². The van der Waals surface area contributed by atoms with Crippen LogP contribution in [0.15, 0.2) is 0 Å². The molecule has 1 aromatic heterocycles.